The van der Waals surface area contributed by atoms with Crippen LogP contribution in [0.25, 0.3) is 11.3 Å². The summed E-state index contributed by atoms with van der Waals surface area (Å²) in [7, 11) is 3.19. The van der Waals surface area contributed by atoms with E-state index in [9.17, 15) is 9.59 Å². The number of nitrogens with zero attached hydrogens (tertiary/aromatic N) is 2. The molecule has 0 unspecified atom stereocenters. The molecule has 0 atom stereocenters. The van der Waals surface area contributed by atoms with E-state index in [4.69, 9.17) is 9.47 Å². The molecule has 2 aromatic carbocycles. The van der Waals surface area contributed by atoms with Gasteiger partial charge in [0.1, 0.15) is 5.03 Å². The van der Waals surface area contributed by atoms with Gasteiger partial charge in [0.15, 0.2) is 16.7 Å². The fourth-order valence-electron chi connectivity index (χ4n) is 4.30. The van der Waals surface area contributed by atoms with Gasteiger partial charge in [-0.2, -0.15) is 0 Å². The van der Waals surface area contributed by atoms with Crippen LogP contribution < -0.4 is 20.3 Å². The van der Waals surface area contributed by atoms with Crippen molar-refractivity contribution in [2.75, 3.05) is 26.5 Å². The third-order valence-corrected chi connectivity index (χ3v) is 7.44. The Bertz CT molecular complexity index is 1340. The number of para-hydroxylation sites is 1. The summed E-state index contributed by atoms with van der Waals surface area (Å²) in [5, 5.41) is 3.79. The highest BCUT2D eigenvalue weighted by atomic mass is 32.2. The van der Waals surface area contributed by atoms with Gasteiger partial charge in [-0.25, -0.2) is 4.98 Å². The van der Waals surface area contributed by atoms with E-state index in [0.29, 0.717) is 45.9 Å². The van der Waals surface area contributed by atoms with Crippen LogP contribution in [0.5, 0.6) is 11.5 Å². The summed E-state index contributed by atoms with van der Waals surface area (Å²) in [6.07, 6.45) is 6.73. The number of allylic oxidation sites excluding steroid dienone is 2. The van der Waals surface area contributed by atoms with E-state index < -0.39 is 0 Å². The van der Waals surface area contributed by atoms with Crippen LogP contribution in [0, 0.1) is 0 Å². The fraction of sp³-hybridized carbons (Fsp3) is 0.321. The molecular formula is C28H31N3O4S2. The number of hydrogen-bond donors (Lipinski definition) is 2. The first kappa shape index (κ1) is 26.9. The Balaban J connectivity index is 1.47. The van der Waals surface area contributed by atoms with Crippen LogP contribution >= 0.6 is 24.4 Å². The van der Waals surface area contributed by atoms with Crippen molar-refractivity contribution in [2.24, 2.45) is 0 Å². The van der Waals surface area contributed by atoms with E-state index >= 15 is 0 Å². The third-order valence-electron chi connectivity index (χ3n) is 6.18. The van der Waals surface area contributed by atoms with Crippen molar-refractivity contribution < 1.29 is 14.3 Å². The van der Waals surface area contributed by atoms with Gasteiger partial charge in [-0.05, 0) is 67.5 Å². The van der Waals surface area contributed by atoms with Crippen LogP contribution in [0.2, 0.25) is 0 Å². The van der Waals surface area contributed by atoms with Crippen LogP contribution in [-0.2, 0) is 11.2 Å². The average molecular weight is 538 g/mol. The number of ether oxygens (including phenoxy) is 2. The third kappa shape index (κ3) is 6.59. The second kappa shape index (κ2) is 12.9. The lowest BCUT2D eigenvalue weighted by molar-refractivity contribution is -0.118. The summed E-state index contributed by atoms with van der Waals surface area (Å²) in [6, 6.07) is 15.1. The fourth-order valence-corrected chi connectivity index (χ4v) is 5.54. The van der Waals surface area contributed by atoms with Crippen molar-refractivity contribution in [1.82, 2.24) is 14.9 Å². The predicted molar refractivity (Wildman–Crippen MR) is 151 cm³/mol. The van der Waals surface area contributed by atoms with Gasteiger partial charge in [0, 0.05) is 6.54 Å². The zero-order valence-electron chi connectivity index (χ0n) is 21.0. The quantitative estimate of drug-likeness (QED) is 0.165. The number of carbonyl (C=O) groups excluding carboxylic acids is 1. The number of carbonyl (C=O) groups is 1. The van der Waals surface area contributed by atoms with Gasteiger partial charge >= 0.3 is 0 Å². The van der Waals surface area contributed by atoms with Gasteiger partial charge in [-0.15, -0.1) is 12.6 Å². The topological polar surface area (TPSA) is 82.5 Å². The van der Waals surface area contributed by atoms with E-state index in [0.717, 1.165) is 36.8 Å². The number of rotatable bonds is 10. The molecule has 1 N–H and O–H groups in total. The number of thiol groups is 1. The van der Waals surface area contributed by atoms with Gasteiger partial charge in [-0.1, -0.05) is 42.1 Å². The highest BCUT2D eigenvalue weighted by Gasteiger charge is 2.21. The molecule has 0 fully saturated rings. The molecule has 1 amide bonds. The molecule has 1 heterocycles. The molecule has 0 spiro atoms. The average Bonchev–Trinajstić information content (AvgIpc) is 2.92. The first-order valence-corrected chi connectivity index (χ1v) is 13.7. The molecule has 194 valence electrons. The molecule has 1 aliphatic carbocycles. The highest BCUT2D eigenvalue weighted by Crippen LogP contribution is 2.30. The molecule has 3 aromatic rings. The number of thioether (sulfide) groups is 1. The molecule has 1 aromatic heterocycles. The largest absolute Gasteiger partial charge is 0.493 e. The van der Waals surface area contributed by atoms with E-state index in [-0.39, 0.29) is 17.2 Å². The maximum Gasteiger partial charge on any atom is 0.267 e. The zero-order valence-corrected chi connectivity index (χ0v) is 22.7. The summed E-state index contributed by atoms with van der Waals surface area (Å²) in [6.45, 7) is 0.471. The molecule has 4 rings (SSSR count). The number of hydrogen-bond acceptors (Lipinski definition) is 7. The van der Waals surface area contributed by atoms with Crippen LogP contribution in [0.15, 0.2) is 69.6 Å². The Morgan fingerprint density at radius 3 is 2.59 bits per heavy atom. The number of methoxy groups -OCH3 is 2. The lowest BCUT2D eigenvalue weighted by Gasteiger charge is -2.18. The molecule has 37 heavy (non-hydrogen) atoms. The number of aromatic nitrogens is 2. The van der Waals surface area contributed by atoms with Crippen molar-refractivity contribution >= 4 is 35.9 Å². The Kier molecular flexibility index (Phi) is 9.35. The van der Waals surface area contributed by atoms with Gasteiger partial charge in [0.25, 0.3) is 5.56 Å². The van der Waals surface area contributed by atoms with E-state index in [2.05, 4.69) is 29.0 Å². The zero-order chi connectivity index (χ0) is 26.2. The standard InChI is InChI=1S/C28H31N3O4S2/c1-34-22-14-13-19(17-23(22)35-2)15-16-29-24(32)18-37-28-30-26(36)25(20-9-5-3-6-10-20)27(33)31(28)21-11-7-4-8-12-21/h4,7-9,11-14,17,36H,3,5-6,10,15-16,18H2,1-2H3,(H,29,32). The normalized spacial score (nSPS) is 13.1. The van der Waals surface area contributed by atoms with Crippen molar-refractivity contribution in [1.29, 1.82) is 0 Å². The summed E-state index contributed by atoms with van der Waals surface area (Å²) in [4.78, 5) is 31.0. The second-order valence-electron chi connectivity index (χ2n) is 8.62. The van der Waals surface area contributed by atoms with Crippen LogP contribution in [0.3, 0.4) is 0 Å². The maximum absolute atomic E-state index is 13.7. The van der Waals surface area contributed by atoms with Crippen LogP contribution in [0.4, 0.5) is 0 Å². The molecule has 0 aliphatic heterocycles. The minimum absolute atomic E-state index is 0.125. The highest BCUT2D eigenvalue weighted by molar-refractivity contribution is 7.99. The monoisotopic (exact) mass is 537 g/mol. The van der Waals surface area contributed by atoms with Gasteiger partial charge in [0.05, 0.1) is 31.2 Å². The molecular weight excluding hydrogens is 506 g/mol. The van der Waals surface area contributed by atoms with E-state index in [1.54, 1.807) is 18.8 Å². The second-order valence-corrected chi connectivity index (χ2v) is 9.99. The maximum atomic E-state index is 13.7. The van der Waals surface area contributed by atoms with Gasteiger partial charge in [-0.3, -0.25) is 14.2 Å². The molecule has 7 nitrogen and oxygen atoms in total. The number of nitrogens with one attached hydrogen (secondary N) is 1. The lowest BCUT2D eigenvalue weighted by Crippen LogP contribution is -2.29. The SMILES string of the molecule is COc1ccc(CCNC(=O)CSc2nc(S)c(C3=CCCCC3)c(=O)n2-c2ccccc2)cc1OC. The minimum atomic E-state index is -0.157. The first-order valence-electron chi connectivity index (χ1n) is 12.2. The predicted octanol–water partition coefficient (Wildman–Crippen LogP) is 4.95. The van der Waals surface area contributed by atoms with Crippen molar-refractivity contribution in [3.63, 3.8) is 0 Å². The molecule has 0 radical (unpaired) electrons. The molecule has 0 saturated heterocycles. The van der Waals surface area contributed by atoms with Crippen LogP contribution in [-0.4, -0.2) is 42.0 Å². The molecule has 1 aliphatic rings. The van der Waals surface area contributed by atoms with Gasteiger partial charge in [0.2, 0.25) is 5.91 Å². The number of amides is 1. The number of benzene rings is 2. The Morgan fingerprint density at radius 2 is 1.89 bits per heavy atom. The smallest absolute Gasteiger partial charge is 0.267 e. The van der Waals surface area contributed by atoms with Crippen molar-refractivity contribution in [2.45, 2.75) is 42.3 Å². The Labute approximate surface area is 226 Å². The summed E-state index contributed by atoms with van der Waals surface area (Å²) in [5.41, 5.74) is 3.13. The van der Waals surface area contributed by atoms with Crippen molar-refractivity contribution in [3.8, 4) is 17.2 Å². The van der Waals surface area contributed by atoms with E-state index in [1.807, 2.05) is 48.5 Å². The summed E-state index contributed by atoms with van der Waals surface area (Å²) in [5.74, 6) is 1.31. The molecule has 0 bridgehead atoms. The van der Waals surface area contributed by atoms with E-state index in [1.165, 1.54) is 11.8 Å². The van der Waals surface area contributed by atoms with Gasteiger partial charge < -0.3 is 14.8 Å². The summed E-state index contributed by atoms with van der Waals surface area (Å²) < 4.78 is 12.2. The molecule has 9 heteroatoms. The lowest BCUT2D eigenvalue weighted by atomic mass is 9.95. The first-order chi connectivity index (χ1) is 18.0. The van der Waals surface area contributed by atoms with Crippen molar-refractivity contribution in [3.05, 3.63) is 76.1 Å². The van der Waals surface area contributed by atoms with Crippen LogP contribution in [0.1, 0.15) is 36.8 Å². The molecule has 0 saturated carbocycles. The Hall–Kier alpha value is -3.17. The minimum Gasteiger partial charge on any atom is -0.493 e. The Morgan fingerprint density at radius 1 is 1.11 bits per heavy atom. The summed E-state index contributed by atoms with van der Waals surface area (Å²) >= 11 is 5.81.